The minimum Gasteiger partial charge on any atom is -0.389 e. The average Bonchev–Trinajstić information content (AvgIpc) is 2.17. The summed E-state index contributed by atoms with van der Waals surface area (Å²) < 4.78 is 0. The SMILES string of the molecule is CSCCCNCC1(O)CCCC(C)C1. The minimum absolute atomic E-state index is 0.420. The molecule has 0 aliphatic heterocycles. The van der Waals surface area contributed by atoms with Gasteiger partial charge in [-0.05, 0) is 43.7 Å². The summed E-state index contributed by atoms with van der Waals surface area (Å²) in [4.78, 5) is 0. The molecular weight excluding hydrogens is 206 g/mol. The lowest BCUT2D eigenvalue weighted by Gasteiger charge is -2.35. The zero-order chi connectivity index (χ0) is 11.1. The van der Waals surface area contributed by atoms with E-state index in [2.05, 4.69) is 18.5 Å². The van der Waals surface area contributed by atoms with Gasteiger partial charge in [0.2, 0.25) is 0 Å². The molecule has 2 N–H and O–H groups in total. The van der Waals surface area contributed by atoms with Crippen molar-refractivity contribution in [2.75, 3.05) is 25.1 Å². The van der Waals surface area contributed by atoms with Gasteiger partial charge >= 0.3 is 0 Å². The maximum absolute atomic E-state index is 10.3. The van der Waals surface area contributed by atoms with Crippen LogP contribution in [0.25, 0.3) is 0 Å². The second-order valence-corrected chi connectivity index (χ2v) is 5.93. The Hall–Kier alpha value is 0.270. The van der Waals surface area contributed by atoms with Crippen LogP contribution >= 0.6 is 11.8 Å². The summed E-state index contributed by atoms with van der Waals surface area (Å²) >= 11 is 1.88. The first-order valence-electron chi connectivity index (χ1n) is 6.08. The van der Waals surface area contributed by atoms with Crippen LogP contribution in [-0.2, 0) is 0 Å². The first-order chi connectivity index (χ1) is 7.16. The molecule has 1 saturated carbocycles. The molecule has 0 saturated heterocycles. The van der Waals surface area contributed by atoms with Gasteiger partial charge in [-0.1, -0.05) is 19.8 Å². The van der Waals surface area contributed by atoms with Gasteiger partial charge in [-0.15, -0.1) is 0 Å². The molecule has 2 unspecified atom stereocenters. The predicted octanol–water partition coefficient (Wildman–Crippen LogP) is 2.27. The number of nitrogens with one attached hydrogen (secondary N) is 1. The topological polar surface area (TPSA) is 32.3 Å². The maximum Gasteiger partial charge on any atom is 0.0774 e. The Morgan fingerprint density at radius 3 is 3.00 bits per heavy atom. The third-order valence-corrected chi connectivity index (χ3v) is 3.92. The largest absolute Gasteiger partial charge is 0.389 e. The van der Waals surface area contributed by atoms with Crippen molar-refractivity contribution in [2.24, 2.45) is 5.92 Å². The molecule has 90 valence electrons. The zero-order valence-corrected chi connectivity index (χ0v) is 10.9. The first kappa shape index (κ1) is 13.3. The van der Waals surface area contributed by atoms with Crippen molar-refractivity contribution in [1.82, 2.24) is 5.32 Å². The van der Waals surface area contributed by atoms with Gasteiger partial charge in [0.25, 0.3) is 0 Å². The lowest BCUT2D eigenvalue weighted by molar-refractivity contribution is -0.0115. The molecule has 1 aliphatic rings. The third kappa shape index (κ3) is 5.23. The molecule has 15 heavy (non-hydrogen) atoms. The van der Waals surface area contributed by atoms with E-state index in [1.165, 1.54) is 25.0 Å². The van der Waals surface area contributed by atoms with Gasteiger partial charge in [0.1, 0.15) is 0 Å². The minimum atomic E-state index is -0.420. The molecule has 0 radical (unpaired) electrons. The Kier molecular flexibility index (Phi) is 6.02. The standard InChI is InChI=1S/C12H25NOS/c1-11-5-3-6-12(14,9-11)10-13-7-4-8-15-2/h11,13-14H,3-10H2,1-2H3. The number of hydrogen-bond acceptors (Lipinski definition) is 3. The van der Waals surface area contributed by atoms with Crippen molar-refractivity contribution in [3.05, 3.63) is 0 Å². The Morgan fingerprint density at radius 1 is 1.53 bits per heavy atom. The van der Waals surface area contributed by atoms with Crippen LogP contribution in [0.3, 0.4) is 0 Å². The zero-order valence-electron chi connectivity index (χ0n) is 10.1. The summed E-state index contributed by atoms with van der Waals surface area (Å²) in [6, 6.07) is 0. The lowest BCUT2D eigenvalue weighted by Crippen LogP contribution is -2.44. The highest BCUT2D eigenvalue weighted by Gasteiger charge is 2.31. The van der Waals surface area contributed by atoms with E-state index < -0.39 is 5.60 Å². The van der Waals surface area contributed by atoms with Crippen molar-refractivity contribution in [2.45, 2.75) is 44.6 Å². The predicted molar refractivity (Wildman–Crippen MR) is 68.5 cm³/mol. The van der Waals surface area contributed by atoms with E-state index in [1.54, 1.807) is 0 Å². The van der Waals surface area contributed by atoms with Crippen LogP contribution in [0, 0.1) is 5.92 Å². The summed E-state index contributed by atoms with van der Waals surface area (Å²) in [6.07, 6.45) is 7.76. The van der Waals surface area contributed by atoms with E-state index in [0.717, 1.165) is 25.9 Å². The normalized spacial score (nSPS) is 31.8. The van der Waals surface area contributed by atoms with Crippen LogP contribution in [-0.4, -0.2) is 35.8 Å². The molecule has 0 aromatic heterocycles. The van der Waals surface area contributed by atoms with E-state index in [-0.39, 0.29) is 0 Å². The molecule has 2 atom stereocenters. The Bertz CT molecular complexity index is 177. The quantitative estimate of drug-likeness (QED) is 0.688. The van der Waals surface area contributed by atoms with Gasteiger partial charge in [-0.25, -0.2) is 0 Å². The molecule has 1 aliphatic carbocycles. The van der Waals surface area contributed by atoms with E-state index in [1.807, 2.05) is 11.8 Å². The maximum atomic E-state index is 10.3. The fourth-order valence-electron chi connectivity index (χ4n) is 2.46. The summed E-state index contributed by atoms with van der Waals surface area (Å²) in [6.45, 7) is 4.07. The highest BCUT2D eigenvalue weighted by atomic mass is 32.2. The fraction of sp³-hybridized carbons (Fsp3) is 1.00. The van der Waals surface area contributed by atoms with Crippen molar-refractivity contribution < 1.29 is 5.11 Å². The summed E-state index contributed by atoms with van der Waals surface area (Å²) in [5.41, 5.74) is -0.420. The molecule has 0 spiro atoms. The Labute approximate surface area is 98.2 Å². The monoisotopic (exact) mass is 231 g/mol. The van der Waals surface area contributed by atoms with Crippen molar-refractivity contribution in [3.8, 4) is 0 Å². The molecule has 1 rings (SSSR count). The molecule has 0 aromatic carbocycles. The third-order valence-electron chi connectivity index (χ3n) is 3.22. The average molecular weight is 231 g/mol. The Morgan fingerprint density at radius 2 is 2.33 bits per heavy atom. The summed E-state index contributed by atoms with van der Waals surface area (Å²) in [5.74, 6) is 1.90. The molecule has 0 heterocycles. The molecule has 3 heteroatoms. The van der Waals surface area contributed by atoms with Crippen LogP contribution in [0.1, 0.15) is 39.0 Å². The highest BCUT2D eigenvalue weighted by Crippen LogP contribution is 2.31. The molecule has 0 aromatic rings. The van der Waals surface area contributed by atoms with Crippen LogP contribution in [0.2, 0.25) is 0 Å². The summed E-state index contributed by atoms with van der Waals surface area (Å²) in [5, 5.41) is 13.7. The van der Waals surface area contributed by atoms with Crippen molar-refractivity contribution in [3.63, 3.8) is 0 Å². The van der Waals surface area contributed by atoms with Crippen molar-refractivity contribution >= 4 is 11.8 Å². The van der Waals surface area contributed by atoms with Gasteiger partial charge in [0.15, 0.2) is 0 Å². The number of aliphatic hydroxyl groups is 1. The van der Waals surface area contributed by atoms with Gasteiger partial charge in [0.05, 0.1) is 5.60 Å². The number of rotatable bonds is 6. The van der Waals surface area contributed by atoms with Crippen LogP contribution in [0.5, 0.6) is 0 Å². The molecule has 0 amide bonds. The van der Waals surface area contributed by atoms with E-state index in [4.69, 9.17) is 0 Å². The van der Waals surface area contributed by atoms with Crippen molar-refractivity contribution in [1.29, 1.82) is 0 Å². The molecule has 0 bridgehead atoms. The highest BCUT2D eigenvalue weighted by molar-refractivity contribution is 7.98. The van der Waals surface area contributed by atoms with Crippen LogP contribution in [0.4, 0.5) is 0 Å². The van der Waals surface area contributed by atoms with Crippen LogP contribution in [0.15, 0.2) is 0 Å². The fourth-order valence-corrected chi connectivity index (χ4v) is 2.89. The molecular formula is C12H25NOS. The van der Waals surface area contributed by atoms with Gasteiger partial charge < -0.3 is 10.4 Å². The summed E-state index contributed by atoms with van der Waals surface area (Å²) in [7, 11) is 0. The van der Waals surface area contributed by atoms with E-state index in [0.29, 0.717) is 5.92 Å². The first-order valence-corrected chi connectivity index (χ1v) is 7.48. The second kappa shape index (κ2) is 6.77. The smallest absolute Gasteiger partial charge is 0.0774 e. The second-order valence-electron chi connectivity index (χ2n) is 4.95. The van der Waals surface area contributed by atoms with Crippen LogP contribution < -0.4 is 5.32 Å². The van der Waals surface area contributed by atoms with Gasteiger partial charge in [-0.3, -0.25) is 0 Å². The van der Waals surface area contributed by atoms with E-state index >= 15 is 0 Å². The van der Waals surface area contributed by atoms with Gasteiger partial charge in [0, 0.05) is 6.54 Å². The Balaban J connectivity index is 2.12. The number of hydrogen-bond donors (Lipinski definition) is 2. The lowest BCUT2D eigenvalue weighted by atomic mass is 9.79. The van der Waals surface area contributed by atoms with Gasteiger partial charge in [-0.2, -0.15) is 11.8 Å². The molecule has 1 fully saturated rings. The number of thioether (sulfide) groups is 1. The van der Waals surface area contributed by atoms with E-state index in [9.17, 15) is 5.11 Å². The molecule has 2 nitrogen and oxygen atoms in total.